The van der Waals surface area contributed by atoms with E-state index in [9.17, 15) is 4.79 Å². The Morgan fingerprint density at radius 2 is 1.70 bits per heavy atom. The van der Waals surface area contributed by atoms with Crippen LogP contribution in [0.3, 0.4) is 0 Å². The van der Waals surface area contributed by atoms with Crippen molar-refractivity contribution in [1.82, 2.24) is 0 Å². The van der Waals surface area contributed by atoms with Gasteiger partial charge in [0, 0.05) is 5.92 Å². The minimum atomic E-state index is -1.96. The molecule has 1 saturated heterocycles. The second kappa shape index (κ2) is 6.69. The molecule has 0 bridgehead atoms. The number of carbonyl (C=O) groups excluding carboxylic acids is 1. The Morgan fingerprint density at radius 3 is 2.15 bits per heavy atom. The third kappa shape index (κ3) is 3.91. The zero-order chi connectivity index (χ0) is 15.7. The summed E-state index contributed by atoms with van der Waals surface area (Å²) >= 11 is 16.7. The zero-order valence-electron chi connectivity index (χ0n) is 11.7. The van der Waals surface area contributed by atoms with Crippen LogP contribution in [-0.2, 0) is 19.0 Å². The second-order valence-electron chi connectivity index (χ2n) is 4.97. The van der Waals surface area contributed by atoms with Crippen LogP contribution < -0.4 is 0 Å². The van der Waals surface area contributed by atoms with E-state index >= 15 is 0 Å². The van der Waals surface area contributed by atoms with Crippen LogP contribution in [0.25, 0.3) is 0 Å². The number of esters is 1. The van der Waals surface area contributed by atoms with Gasteiger partial charge in [0.05, 0.1) is 7.11 Å². The third-order valence-corrected chi connectivity index (χ3v) is 4.29. The normalized spacial score (nSPS) is 34.5. The Balaban J connectivity index is 2.86. The lowest BCUT2D eigenvalue weighted by molar-refractivity contribution is -0.226. The number of hydrogen-bond donors (Lipinski definition) is 1. The van der Waals surface area contributed by atoms with Crippen molar-refractivity contribution in [3.8, 4) is 0 Å². The highest BCUT2D eigenvalue weighted by Gasteiger charge is 2.45. The Labute approximate surface area is 133 Å². The van der Waals surface area contributed by atoms with Crippen molar-refractivity contribution in [3.05, 3.63) is 0 Å². The fourth-order valence-corrected chi connectivity index (χ4v) is 2.23. The highest BCUT2D eigenvalue weighted by Crippen LogP contribution is 2.37. The molecular formula is C12H18Cl3NO4. The summed E-state index contributed by atoms with van der Waals surface area (Å²) in [6.07, 6.45) is -1.60. The molecule has 20 heavy (non-hydrogen) atoms. The molecule has 1 heterocycles. The van der Waals surface area contributed by atoms with Gasteiger partial charge in [0.2, 0.25) is 12.2 Å². The van der Waals surface area contributed by atoms with E-state index in [0.29, 0.717) is 0 Å². The Bertz CT molecular complexity index is 385. The van der Waals surface area contributed by atoms with Gasteiger partial charge in [-0.3, -0.25) is 5.41 Å². The Kier molecular flexibility index (Phi) is 5.96. The molecule has 0 aromatic rings. The zero-order valence-corrected chi connectivity index (χ0v) is 13.9. The van der Waals surface area contributed by atoms with Crippen LogP contribution in [0.1, 0.15) is 20.8 Å². The summed E-state index contributed by atoms with van der Waals surface area (Å²) in [4.78, 5) is 11.7. The molecule has 0 aromatic carbocycles. The molecule has 5 nitrogen and oxygen atoms in total. The maximum atomic E-state index is 11.7. The minimum absolute atomic E-state index is 0.0424. The van der Waals surface area contributed by atoms with E-state index in [1.54, 1.807) is 0 Å². The quantitative estimate of drug-likeness (QED) is 0.361. The van der Waals surface area contributed by atoms with E-state index in [2.05, 4.69) is 0 Å². The Morgan fingerprint density at radius 1 is 1.15 bits per heavy atom. The lowest BCUT2D eigenvalue weighted by atomic mass is 9.79. The van der Waals surface area contributed by atoms with Crippen LogP contribution in [0.4, 0.5) is 0 Å². The van der Waals surface area contributed by atoms with Crippen molar-refractivity contribution in [2.75, 3.05) is 7.11 Å². The van der Waals surface area contributed by atoms with Crippen molar-refractivity contribution >= 4 is 46.7 Å². The number of nitrogens with one attached hydrogen (secondary N) is 1. The number of rotatable bonds is 2. The molecule has 1 aliphatic rings. The van der Waals surface area contributed by atoms with E-state index in [4.69, 9.17) is 54.4 Å². The summed E-state index contributed by atoms with van der Waals surface area (Å²) in [5, 5.41) is 7.59. The van der Waals surface area contributed by atoms with Crippen molar-refractivity contribution in [2.45, 2.75) is 37.0 Å². The van der Waals surface area contributed by atoms with Gasteiger partial charge in [-0.25, -0.2) is 4.79 Å². The molecule has 1 N–H and O–H groups in total. The van der Waals surface area contributed by atoms with Gasteiger partial charge in [-0.15, -0.1) is 0 Å². The van der Waals surface area contributed by atoms with Crippen LogP contribution in [-0.4, -0.2) is 35.2 Å². The first kappa shape index (κ1) is 17.8. The van der Waals surface area contributed by atoms with Crippen molar-refractivity contribution in [1.29, 1.82) is 5.41 Å². The number of ether oxygens (including phenoxy) is 3. The lowest BCUT2D eigenvalue weighted by Gasteiger charge is -2.42. The maximum absolute atomic E-state index is 11.7. The molecular weight excluding hydrogens is 328 g/mol. The van der Waals surface area contributed by atoms with E-state index in [1.807, 2.05) is 20.8 Å². The molecule has 0 aliphatic carbocycles. The topological polar surface area (TPSA) is 68.6 Å². The van der Waals surface area contributed by atoms with Crippen molar-refractivity contribution in [2.24, 2.45) is 17.8 Å². The van der Waals surface area contributed by atoms with Crippen LogP contribution in [0.15, 0.2) is 0 Å². The lowest BCUT2D eigenvalue weighted by Crippen LogP contribution is -2.50. The predicted octanol–water partition coefficient (Wildman–Crippen LogP) is 3.16. The highest BCUT2D eigenvalue weighted by atomic mass is 35.6. The Hall–Kier alpha value is -0.230. The molecule has 3 unspecified atom stereocenters. The van der Waals surface area contributed by atoms with Crippen LogP contribution in [0.2, 0.25) is 0 Å². The van der Waals surface area contributed by atoms with Gasteiger partial charge in [-0.1, -0.05) is 55.6 Å². The van der Waals surface area contributed by atoms with Crippen LogP contribution in [0.5, 0.6) is 0 Å². The van der Waals surface area contributed by atoms with E-state index in [1.165, 1.54) is 7.11 Å². The number of hydrogen-bond acceptors (Lipinski definition) is 5. The monoisotopic (exact) mass is 345 g/mol. The third-order valence-electron chi connectivity index (χ3n) is 3.77. The molecule has 0 radical (unpaired) electrons. The van der Waals surface area contributed by atoms with E-state index < -0.39 is 28.1 Å². The van der Waals surface area contributed by atoms with Gasteiger partial charge in [0.15, 0.2) is 6.10 Å². The maximum Gasteiger partial charge on any atom is 0.335 e. The molecule has 5 atom stereocenters. The summed E-state index contributed by atoms with van der Waals surface area (Å²) < 4.78 is 13.6. The standard InChI is InChI=1S/C12H18Cl3NO4/c1-5-6(2)8(9(17)18-4)19-10(7(5)3)20-11(16)12(13,14)15/h5-8,10,16H,1-4H3/t5-,6-,7?,8?,10?/m0/s1. The van der Waals surface area contributed by atoms with E-state index in [0.717, 1.165) is 0 Å². The first-order valence-electron chi connectivity index (χ1n) is 6.15. The predicted molar refractivity (Wildman–Crippen MR) is 77.3 cm³/mol. The fourth-order valence-electron chi connectivity index (χ4n) is 2.10. The number of methoxy groups -OCH3 is 1. The summed E-state index contributed by atoms with van der Waals surface area (Å²) in [5.74, 6) is -1.02. The molecule has 0 aromatic heterocycles. The minimum Gasteiger partial charge on any atom is -0.467 e. The number of alkyl halides is 3. The molecule has 1 rings (SSSR count). The highest BCUT2D eigenvalue weighted by molar-refractivity contribution is 6.76. The van der Waals surface area contributed by atoms with Gasteiger partial charge in [-0.2, -0.15) is 0 Å². The molecule has 0 spiro atoms. The summed E-state index contributed by atoms with van der Waals surface area (Å²) in [6.45, 7) is 5.77. The molecule has 0 amide bonds. The van der Waals surface area contributed by atoms with E-state index in [-0.39, 0.29) is 17.8 Å². The molecule has 1 aliphatic heterocycles. The molecule has 116 valence electrons. The van der Waals surface area contributed by atoms with Crippen molar-refractivity contribution < 1.29 is 19.0 Å². The smallest absolute Gasteiger partial charge is 0.335 e. The largest absolute Gasteiger partial charge is 0.467 e. The first-order chi connectivity index (χ1) is 9.09. The fraction of sp³-hybridized carbons (Fsp3) is 0.833. The summed E-state index contributed by atoms with van der Waals surface area (Å²) in [7, 11) is 1.29. The summed E-state index contributed by atoms with van der Waals surface area (Å²) in [6, 6.07) is 0. The summed E-state index contributed by atoms with van der Waals surface area (Å²) in [5.41, 5.74) is 0. The second-order valence-corrected chi connectivity index (χ2v) is 7.25. The van der Waals surface area contributed by atoms with Crippen LogP contribution in [0, 0.1) is 23.2 Å². The first-order valence-corrected chi connectivity index (χ1v) is 7.28. The SMILES string of the molecule is COC(=O)C1OC(OC(=N)C(Cl)(Cl)Cl)C(C)[C@@H](C)[C@@H]1C. The molecule has 1 fully saturated rings. The van der Waals surface area contributed by atoms with Gasteiger partial charge in [0.1, 0.15) is 0 Å². The van der Waals surface area contributed by atoms with Crippen molar-refractivity contribution in [3.63, 3.8) is 0 Å². The number of carbonyl (C=O) groups is 1. The van der Waals surface area contributed by atoms with Gasteiger partial charge >= 0.3 is 5.97 Å². The number of halogens is 3. The molecule has 0 saturated carbocycles. The van der Waals surface area contributed by atoms with Gasteiger partial charge < -0.3 is 14.2 Å². The average molecular weight is 347 g/mol. The van der Waals surface area contributed by atoms with Crippen LogP contribution >= 0.6 is 34.8 Å². The van der Waals surface area contributed by atoms with Gasteiger partial charge in [-0.05, 0) is 11.8 Å². The molecule has 8 heteroatoms. The average Bonchev–Trinajstić information content (AvgIpc) is 2.37. The van der Waals surface area contributed by atoms with Gasteiger partial charge in [0.25, 0.3) is 3.79 Å².